The van der Waals surface area contributed by atoms with Crippen molar-refractivity contribution in [2.24, 2.45) is 0 Å². The van der Waals surface area contributed by atoms with E-state index in [1.807, 2.05) is 32.9 Å². The Kier molecular flexibility index (Phi) is 3.72. The van der Waals surface area contributed by atoms with Crippen LogP contribution in [0.3, 0.4) is 0 Å². The fraction of sp³-hybridized carbons (Fsp3) is 0.167. The van der Waals surface area contributed by atoms with Gasteiger partial charge in [-0.3, -0.25) is 9.89 Å². The van der Waals surface area contributed by atoms with Gasteiger partial charge in [0.25, 0.3) is 5.91 Å². The summed E-state index contributed by atoms with van der Waals surface area (Å²) in [6.07, 6.45) is 3.12. The highest BCUT2D eigenvalue weighted by molar-refractivity contribution is 6.04. The van der Waals surface area contributed by atoms with Crippen molar-refractivity contribution in [2.45, 2.75) is 20.8 Å². The molecule has 0 atom stereocenters. The predicted molar refractivity (Wildman–Crippen MR) is 97.4 cm³/mol. The Labute approximate surface area is 149 Å². The number of carbonyl (C=O) groups is 1. The lowest BCUT2D eigenvalue weighted by Gasteiger charge is -2.07. The molecule has 2 N–H and O–H groups in total. The summed E-state index contributed by atoms with van der Waals surface area (Å²) in [5.41, 5.74) is 4.50. The van der Waals surface area contributed by atoms with Crippen LogP contribution in [-0.2, 0) is 0 Å². The number of anilines is 1. The van der Waals surface area contributed by atoms with Crippen molar-refractivity contribution in [3.63, 3.8) is 0 Å². The van der Waals surface area contributed by atoms with E-state index in [0.29, 0.717) is 22.7 Å². The number of hydrogen-bond acceptors (Lipinski definition) is 5. The van der Waals surface area contributed by atoms with E-state index in [1.54, 1.807) is 23.0 Å². The molecule has 8 heteroatoms. The average Bonchev–Trinajstić information content (AvgIpc) is 3.17. The zero-order valence-corrected chi connectivity index (χ0v) is 14.6. The minimum absolute atomic E-state index is 0.250. The standard InChI is InChI=1S/C18H17N7O/c1-10-6-11(2)25(24-10)16-5-4-13(8-19-16)18(26)21-14-7-15-12(3)22-23-17(15)20-9-14/h4-9H,1-3H3,(H,21,26)(H,20,22,23). The van der Waals surface area contributed by atoms with Crippen molar-refractivity contribution in [1.82, 2.24) is 29.9 Å². The number of H-pyrrole nitrogens is 1. The summed E-state index contributed by atoms with van der Waals surface area (Å²) in [5.74, 6) is 0.420. The second kappa shape index (κ2) is 6.07. The van der Waals surface area contributed by atoms with Gasteiger partial charge in [0.2, 0.25) is 0 Å². The van der Waals surface area contributed by atoms with E-state index in [9.17, 15) is 4.79 Å². The van der Waals surface area contributed by atoms with Crippen molar-refractivity contribution in [2.75, 3.05) is 5.32 Å². The fourth-order valence-electron chi connectivity index (χ4n) is 2.80. The lowest BCUT2D eigenvalue weighted by molar-refractivity contribution is 0.102. The molecule has 0 aromatic carbocycles. The number of aromatic amines is 1. The number of nitrogens with one attached hydrogen (secondary N) is 2. The van der Waals surface area contributed by atoms with Gasteiger partial charge in [-0.1, -0.05) is 0 Å². The quantitative estimate of drug-likeness (QED) is 0.593. The van der Waals surface area contributed by atoms with Gasteiger partial charge in [-0.25, -0.2) is 14.6 Å². The third-order valence-corrected chi connectivity index (χ3v) is 4.09. The monoisotopic (exact) mass is 347 g/mol. The number of rotatable bonds is 3. The van der Waals surface area contributed by atoms with Crippen LogP contribution in [0.4, 0.5) is 5.69 Å². The molecule has 4 aromatic heterocycles. The van der Waals surface area contributed by atoms with Crippen molar-refractivity contribution < 1.29 is 4.79 Å². The van der Waals surface area contributed by atoms with Gasteiger partial charge in [-0.2, -0.15) is 10.2 Å². The van der Waals surface area contributed by atoms with Crippen molar-refractivity contribution in [3.05, 3.63) is 59.3 Å². The van der Waals surface area contributed by atoms with Gasteiger partial charge < -0.3 is 5.32 Å². The van der Waals surface area contributed by atoms with Gasteiger partial charge in [0.15, 0.2) is 11.5 Å². The van der Waals surface area contributed by atoms with Crippen LogP contribution in [0.1, 0.15) is 27.4 Å². The van der Waals surface area contributed by atoms with Crippen LogP contribution in [0, 0.1) is 20.8 Å². The normalized spacial score (nSPS) is 11.0. The Bertz CT molecular complexity index is 1110. The second-order valence-electron chi connectivity index (χ2n) is 6.14. The predicted octanol–water partition coefficient (Wildman–Crippen LogP) is 2.72. The van der Waals surface area contributed by atoms with Gasteiger partial charge in [-0.15, -0.1) is 0 Å². The SMILES string of the molecule is Cc1cc(C)n(-c2ccc(C(=O)Nc3cnc4n[nH]c(C)c4c3)cn2)n1. The summed E-state index contributed by atoms with van der Waals surface area (Å²) < 4.78 is 1.75. The summed E-state index contributed by atoms with van der Waals surface area (Å²) in [7, 11) is 0. The van der Waals surface area contributed by atoms with Gasteiger partial charge in [-0.05, 0) is 45.0 Å². The Morgan fingerprint density at radius 3 is 2.65 bits per heavy atom. The van der Waals surface area contributed by atoms with Crippen molar-refractivity contribution >= 4 is 22.6 Å². The number of nitrogens with zero attached hydrogens (tertiary/aromatic N) is 5. The van der Waals surface area contributed by atoms with Crippen molar-refractivity contribution in [3.8, 4) is 5.82 Å². The van der Waals surface area contributed by atoms with Crippen LogP contribution < -0.4 is 5.32 Å². The largest absolute Gasteiger partial charge is 0.321 e. The molecular weight excluding hydrogens is 330 g/mol. The number of hydrogen-bond donors (Lipinski definition) is 2. The molecule has 26 heavy (non-hydrogen) atoms. The summed E-state index contributed by atoms with van der Waals surface area (Å²) in [6.45, 7) is 5.80. The topological polar surface area (TPSA) is 101 Å². The first-order valence-electron chi connectivity index (χ1n) is 8.13. The molecule has 0 aliphatic carbocycles. The second-order valence-corrected chi connectivity index (χ2v) is 6.14. The molecule has 0 aliphatic rings. The molecule has 4 aromatic rings. The third-order valence-electron chi connectivity index (χ3n) is 4.09. The van der Waals surface area contributed by atoms with Crippen LogP contribution in [0.2, 0.25) is 0 Å². The fourth-order valence-corrected chi connectivity index (χ4v) is 2.80. The molecule has 0 spiro atoms. The molecule has 0 saturated heterocycles. The summed E-state index contributed by atoms with van der Waals surface area (Å²) in [4.78, 5) is 21.0. The molecule has 0 radical (unpaired) electrons. The highest BCUT2D eigenvalue weighted by Crippen LogP contribution is 2.18. The summed E-state index contributed by atoms with van der Waals surface area (Å²) >= 11 is 0. The van der Waals surface area contributed by atoms with Gasteiger partial charge >= 0.3 is 0 Å². The van der Waals surface area contributed by atoms with Gasteiger partial charge in [0.1, 0.15) is 0 Å². The smallest absolute Gasteiger partial charge is 0.257 e. The average molecular weight is 347 g/mol. The van der Waals surface area contributed by atoms with Crippen LogP contribution >= 0.6 is 0 Å². The van der Waals surface area contributed by atoms with Gasteiger partial charge in [0.05, 0.1) is 23.1 Å². The van der Waals surface area contributed by atoms with Crippen LogP contribution in [0.25, 0.3) is 16.9 Å². The van der Waals surface area contributed by atoms with E-state index < -0.39 is 0 Å². The number of amides is 1. The third kappa shape index (κ3) is 2.81. The molecule has 0 saturated carbocycles. The van der Waals surface area contributed by atoms with Crippen molar-refractivity contribution in [1.29, 1.82) is 0 Å². The number of fused-ring (bicyclic) bond motifs is 1. The lowest BCUT2D eigenvalue weighted by atomic mass is 10.2. The van der Waals surface area contributed by atoms with E-state index in [0.717, 1.165) is 22.5 Å². The zero-order chi connectivity index (χ0) is 18.3. The highest BCUT2D eigenvalue weighted by Gasteiger charge is 2.11. The molecule has 0 bridgehead atoms. The Hall–Kier alpha value is -3.55. The molecule has 4 heterocycles. The molecule has 4 rings (SSSR count). The molecule has 0 unspecified atom stereocenters. The molecule has 130 valence electrons. The maximum absolute atomic E-state index is 12.5. The Morgan fingerprint density at radius 2 is 1.96 bits per heavy atom. The van der Waals surface area contributed by atoms with E-state index in [-0.39, 0.29) is 5.91 Å². The van der Waals surface area contributed by atoms with Crippen LogP contribution in [-0.4, -0.2) is 35.9 Å². The first-order valence-corrected chi connectivity index (χ1v) is 8.13. The number of aromatic nitrogens is 6. The Morgan fingerprint density at radius 1 is 1.12 bits per heavy atom. The minimum Gasteiger partial charge on any atom is -0.321 e. The van der Waals surface area contributed by atoms with Crippen LogP contribution in [0.15, 0.2) is 36.7 Å². The molecule has 0 aliphatic heterocycles. The first kappa shape index (κ1) is 15.9. The number of pyridine rings is 2. The zero-order valence-electron chi connectivity index (χ0n) is 14.6. The number of aryl methyl sites for hydroxylation is 3. The minimum atomic E-state index is -0.250. The van der Waals surface area contributed by atoms with E-state index in [4.69, 9.17) is 0 Å². The van der Waals surface area contributed by atoms with E-state index in [1.165, 1.54) is 6.20 Å². The van der Waals surface area contributed by atoms with Gasteiger partial charge in [0, 0.05) is 23.0 Å². The molecule has 0 fully saturated rings. The summed E-state index contributed by atoms with van der Waals surface area (Å²) in [5, 5.41) is 15.1. The summed E-state index contributed by atoms with van der Waals surface area (Å²) in [6, 6.07) is 7.32. The van der Waals surface area contributed by atoms with E-state index >= 15 is 0 Å². The molecule has 1 amide bonds. The number of carbonyl (C=O) groups excluding carboxylic acids is 1. The maximum Gasteiger partial charge on any atom is 0.257 e. The Balaban J connectivity index is 1.55. The highest BCUT2D eigenvalue weighted by atomic mass is 16.1. The first-order chi connectivity index (χ1) is 12.5. The molecular formula is C18H17N7O. The van der Waals surface area contributed by atoms with E-state index in [2.05, 4.69) is 30.6 Å². The maximum atomic E-state index is 12.5. The van der Waals surface area contributed by atoms with Crippen LogP contribution in [0.5, 0.6) is 0 Å². The lowest BCUT2D eigenvalue weighted by Crippen LogP contribution is -2.13. The molecule has 8 nitrogen and oxygen atoms in total.